The van der Waals surface area contributed by atoms with Crippen molar-refractivity contribution in [1.29, 1.82) is 0 Å². The van der Waals surface area contributed by atoms with E-state index in [1.165, 1.54) is 0 Å². The molecule has 1 aliphatic heterocycles. The summed E-state index contributed by atoms with van der Waals surface area (Å²) in [7, 11) is 2.16. The van der Waals surface area contributed by atoms with Crippen LogP contribution in [0.3, 0.4) is 0 Å². The summed E-state index contributed by atoms with van der Waals surface area (Å²) < 4.78 is 5.75. The number of rotatable bonds is 6. The lowest BCUT2D eigenvalue weighted by molar-refractivity contribution is -0.0350. The molecule has 0 amide bonds. The monoisotopic (exact) mass is 215 g/mol. The van der Waals surface area contributed by atoms with Crippen molar-refractivity contribution < 1.29 is 4.74 Å². The molecule has 1 rings (SSSR count). The van der Waals surface area contributed by atoms with Gasteiger partial charge in [-0.05, 0) is 33.1 Å². The lowest BCUT2D eigenvalue weighted by Crippen LogP contribution is -2.46. The van der Waals surface area contributed by atoms with Crippen LogP contribution in [0.2, 0.25) is 0 Å². The zero-order valence-electron chi connectivity index (χ0n) is 10.1. The van der Waals surface area contributed by atoms with Gasteiger partial charge in [-0.15, -0.1) is 0 Å². The second-order valence-electron chi connectivity index (χ2n) is 4.29. The molecule has 90 valence electrons. The van der Waals surface area contributed by atoms with Crippen molar-refractivity contribution in [2.75, 3.05) is 52.9 Å². The van der Waals surface area contributed by atoms with E-state index in [1.54, 1.807) is 0 Å². The molecule has 0 aromatic rings. The molecule has 1 atom stereocenters. The van der Waals surface area contributed by atoms with Crippen molar-refractivity contribution >= 4 is 0 Å². The van der Waals surface area contributed by atoms with Crippen molar-refractivity contribution in [3.63, 3.8) is 0 Å². The topological polar surface area (TPSA) is 41.7 Å². The van der Waals surface area contributed by atoms with Gasteiger partial charge >= 0.3 is 0 Å². The summed E-state index contributed by atoms with van der Waals surface area (Å²) in [6, 6.07) is 0. The number of hydrogen-bond donors (Lipinski definition) is 1. The molecule has 4 nitrogen and oxygen atoms in total. The number of likely N-dealkylation sites (N-methyl/N-ethyl adjacent to an activating group) is 2. The van der Waals surface area contributed by atoms with Crippen LogP contribution in [0.15, 0.2) is 0 Å². The van der Waals surface area contributed by atoms with Gasteiger partial charge in [0, 0.05) is 19.6 Å². The number of nitrogens with zero attached hydrogens (tertiary/aromatic N) is 2. The predicted molar refractivity (Wildman–Crippen MR) is 63.0 cm³/mol. The number of ether oxygens (including phenoxy) is 1. The van der Waals surface area contributed by atoms with Gasteiger partial charge in [-0.3, -0.25) is 0 Å². The summed E-state index contributed by atoms with van der Waals surface area (Å²) >= 11 is 0. The second kappa shape index (κ2) is 7.17. The quantitative estimate of drug-likeness (QED) is 0.676. The minimum atomic E-state index is 0.376. The number of hydrogen-bond acceptors (Lipinski definition) is 4. The largest absolute Gasteiger partial charge is 0.374 e. The molecule has 1 aliphatic rings. The molecule has 0 aromatic carbocycles. The van der Waals surface area contributed by atoms with Crippen molar-refractivity contribution in [2.45, 2.75) is 19.4 Å². The molecule has 1 fully saturated rings. The molecule has 0 saturated carbocycles. The highest BCUT2D eigenvalue weighted by Crippen LogP contribution is 2.05. The van der Waals surface area contributed by atoms with Gasteiger partial charge < -0.3 is 20.3 Å². The number of morpholine rings is 1. The maximum atomic E-state index is 5.75. The third-order valence-corrected chi connectivity index (χ3v) is 2.93. The summed E-state index contributed by atoms with van der Waals surface area (Å²) in [5.74, 6) is 0. The molecule has 1 saturated heterocycles. The van der Waals surface area contributed by atoms with Crippen LogP contribution in [-0.4, -0.2) is 68.8 Å². The smallest absolute Gasteiger partial charge is 0.0829 e. The van der Waals surface area contributed by atoms with E-state index >= 15 is 0 Å². The lowest BCUT2D eigenvalue weighted by atomic mass is 10.2. The van der Waals surface area contributed by atoms with Gasteiger partial charge in [0.2, 0.25) is 0 Å². The van der Waals surface area contributed by atoms with Gasteiger partial charge in [-0.25, -0.2) is 0 Å². The molecule has 4 heteroatoms. The molecule has 2 N–H and O–H groups in total. The Bertz CT molecular complexity index is 166. The van der Waals surface area contributed by atoms with E-state index in [-0.39, 0.29) is 0 Å². The lowest BCUT2D eigenvalue weighted by Gasteiger charge is -2.33. The third-order valence-electron chi connectivity index (χ3n) is 2.93. The molecule has 0 aromatic heterocycles. The minimum absolute atomic E-state index is 0.376. The Morgan fingerprint density at radius 1 is 1.53 bits per heavy atom. The highest BCUT2D eigenvalue weighted by Gasteiger charge is 2.19. The van der Waals surface area contributed by atoms with Crippen LogP contribution in [0.1, 0.15) is 13.3 Å². The van der Waals surface area contributed by atoms with Crippen molar-refractivity contribution in [3.8, 4) is 0 Å². The van der Waals surface area contributed by atoms with E-state index in [1.807, 2.05) is 0 Å². The molecule has 0 bridgehead atoms. The van der Waals surface area contributed by atoms with Crippen LogP contribution in [0.4, 0.5) is 0 Å². The molecule has 1 unspecified atom stereocenters. The van der Waals surface area contributed by atoms with Crippen LogP contribution in [-0.2, 0) is 4.74 Å². The summed E-state index contributed by atoms with van der Waals surface area (Å²) in [5.41, 5.74) is 5.52. The molecule has 0 radical (unpaired) electrons. The van der Waals surface area contributed by atoms with E-state index < -0.39 is 0 Å². The Balaban J connectivity index is 2.24. The van der Waals surface area contributed by atoms with E-state index in [0.717, 1.165) is 52.3 Å². The fraction of sp³-hybridized carbons (Fsp3) is 1.00. The Morgan fingerprint density at radius 3 is 2.93 bits per heavy atom. The normalized spacial score (nSPS) is 23.6. The summed E-state index contributed by atoms with van der Waals surface area (Å²) in [6.45, 7) is 9.19. The van der Waals surface area contributed by atoms with Crippen LogP contribution in [0, 0.1) is 0 Å². The second-order valence-corrected chi connectivity index (χ2v) is 4.29. The number of nitrogens with two attached hydrogens (primary N) is 1. The first-order valence-electron chi connectivity index (χ1n) is 5.98. The Kier molecular flexibility index (Phi) is 6.17. The third kappa shape index (κ3) is 4.93. The predicted octanol–water partition coefficient (Wildman–Crippen LogP) is -0.0123. The first kappa shape index (κ1) is 12.9. The maximum Gasteiger partial charge on any atom is 0.0829 e. The van der Waals surface area contributed by atoms with Gasteiger partial charge in [0.25, 0.3) is 0 Å². The zero-order chi connectivity index (χ0) is 11.1. The van der Waals surface area contributed by atoms with Crippen LogP contribution < -0.4 is 5.73 Å². The molecular weight excluding hydrogens is 190 g/mol. The van der Waals surface area contributed by atoms with Crippen molar-refractivity contribution in [3.05, 3.63) is 0 Å². The van der Waals surface area contributed by atoms with Crippen LogP contribution in [0.5, 0.6) is 0 Å². The molecule has 15 heavy (non-hydrogen) atoms. The first-order valence-corrected chi connectivity index (χ1v) is 5.98. The van der Waals surface area contributed by atoms with E-state index in [0.29, 0.717) is 6.10 Å². The standard InChI is InChI=1S/C11H25N3O/c1-3-14(6-4-5-12)10-11-9-13(2)7-8-15-11/h11H,3-10,12H2,1-2H3. The Hall–Kier alpha value is -0.160. The summed E-state index contributed by atoms with van der Waals surface area (Å²) in [5, 5.41) is 0. The van der Waals surface area contributed by atoms with Gasteiger partial charge in [0.1, 0.15) is 0 Å². The van der Waals surface area contributed by atoms with Gasteiger partial charge in [0.05, 0.1) is 12.7 Å². The van der Waals surface area contributed by atoms with Gasteiger partial charge in [-0.2, -0.15) is 0 Å². The highest BCUT2D eigenvalue weighted by molar-refractivity contribution is 4.72. The zero-order valence-corrected chi connectivity index (χ0v) is 10.1. The van der Waals surface area contributed by atoms with E-state index in [4.69, 9.17) is 10.5 Å². The van der Waals surface area contributed by atoms with E-state index in [2.05, 4.69) is 23.8 Å². The molecule has 0 spiro atoms. The molecule has 0 aliphatic carbocycles. The van der Waals surface area contributed by atoms with Crippen LogP contribution in [0.25, 0.3) is 0 Å². The highest BCUT2D eigenvalue weighted by atomic mass is 16.5. The molecular formula is C11H25N3O. The first-order chi connectivity index (χ1) is 7.26. The average Bonchev–Trinajstić information content (AvgIpc) is 2.24. The maximum absolute atomic E-state index is 5.75. The fourth-order valence-corrected chi connectivity index (χ4v) is 1.96. The van der Waals surface area contributed by atoms with E-state index in [9.17, 15) is 0 Å². The summed E-state index contributed by atoms with van der Waals surface area (Å²) in [6.07, 6.45) is 1.46. The fourth-order valence-electron chi connectivity index (χ4n) is 1.96. The van der Waals surface area contributed by atoms with Crippen LogP contribution >= 0.6 is 0 Å². The molecule has 1 heterocycles. The minimum Gasteiger partial charge on any atom is -0.374 e. The van der Waals surface area contributed by atoms with Gasteiger partial charge in [0.15, 0.2) is 0 Å². The van der Waals surface area contributed by atoms with Crippen molar-refractivity contribution in [1.82, 2.24) is 9.80 Å². The average molecular weight is 215 g/mol. The SMILES string of the molecule is CCN(CCCN)CC1CN(C)CCO1. The Labute approximate surface area is 93.4 Å². The van der Waals surface area contributed by atoms with Gasteiger partial charge in [-0.1, -0.05) is 6.92 Å². The van der Waals surface area contributed by atoms with Crippen molar-refractivity contribution in [2.24, 2.45) is 5.73 Å². The summed E-state index contributed by atoms with van der Waals surface area (Å²) in [4.78, 5) is 4.77. The Morgan fingerprint density at radius 2 is 2.33 bits per heavy atom.